The van der Waals surface area contributed by atoms with Gasteiger partial charge in [0.25, 0.3) is 0 Å². The van der Waals surface area contributed by atoms with Gasteiger partial charge in [-0.05, 0) is 46.2 Å². The third-order valence-corrected chi connectivity index (χ3v) is 4.31. The summed E-state index contributed by atoms with van der Waals surface area (Å²) in [4.78, 5) is 36.9. The Hall–Kier alpha value is -1.93. The molecule has 0 saturated carbocycles. The number of carbonyl (C=O) groups excluding carboxylic acids is 3. The predicted octanol–water partition coefficient (Wildman–Crippen LogP) is 4.27. The third-order valence-electron chi connectivity index (χ3n) is 3.79. The number of carbonyl (C=O) groups is 3. The second-order valence-electron chi connectivity index (χ2n) is 7.59. The van der Waals surface area contributed by atoms with Crippen molar-refractivity contribution >= 4 is 33.8 Å². The van der Waals surface area contributed by atoms with E-state index < -0.39 is 36.4 Å². The minimum Gasteiger partial charge on any atom is -0.456 e. The maximum atomic E-state index is 12.6. The summed E-state index contributed by atoms with van der Waals surface area (Å²) in [6, 6.07) is 5.62. The molecule has 0 fully saturated rings. The second kappa shape index (κ2) is 11.9. The highest BCUT2D eigenvalue weighted by atomic mass is 79.9. The molecule has 29 heavy (non-hydrogen) atoms. The van der Waals surface area contributed by atoms with Crippen LogP contribution in [0.3, 0.4) is 0 Å². The molecule has 0 aliphatic carbocycles. The molecule has 8 heteroatoms. The van der Waals surface area contributed by atoms with Gasteiger partial charge in [0.1, 0.15) is 5.60 Å². The molecule has 0 unspecified atom stereocenters. The average molecular weight is 472 g/mol. The van der Waals surface area contributed by atoms with E-state index in [1.54, 1.807) is 52.0 Å². The van der Waals surface area contributed by atoms with Crippen LogP contribution in [0.4, 0.5) is 4.79 Å². The first-order valence-corrected chi connectivity index (χ1v) is 10.4. The normalized spacial score (nSPS) is 13.3. The first-order valence-electron chi connectivity index (χ1n) is 9.60. The van der Waals surface area contributed by atoms with Crippen molar-refractivity contribution in [2.75, 3.05) is 13.2 Å². The summed E-state index contributed by atoms with van der Waals surface area (Å²) < 4.78 is 16.9. The number of esters is 1. The molecule has 0 aliphatic rings. The van der Waals surface area contributed by atoms with Crippen LogP contribution in [-0.2, 0) is 19.0 Å². The van der Waals surface area contributed by atoms with Gasteiger partial charge in [0, 0.05) is 16.6 Å². The van der Waals surface area contributed by atoms with E-state index in [1.165, 1.54) is 0 Å². The molecule has 7 nitrogen and oxygen atoms in total. The van der Waals surface area contributed by atoms with Crippen LogP contribution in [0.15, 0.2) is 28.7 Å². The van der Waals surface area contributed by atoms with Gasteiger partial charge in [-0.3, -0.25) is 4.79 Å². The molecule has 0 aromatic heterocycles. The van der Waals surface area contributed by atoms with Gasteiger partial charge >= 0.3 is 12.1 Å². The Morgan fingerprint density at radius 2 is 1.76 bits per heavy atom. The highest BCUT2D eigenvalue weighted by Crippen LogP contribution is 2.12. The highest BCUT2D eigenvalue weighted by Gasteiger charge is 2.31. The van der Waals surface area contributed by atoms with Crippen LogP contribution in [0.1, 0.15) is 57.8 Å². The molecular formula is C21H30BrNO6. The molecule has 0 radical (unpaired) electrons. The summed E-state index contributed by atoms with van der Waals surface area (Å²) in [7, 11) is 0. The molecule has 1 N–H and O–H groups in total. The Balaban J connectivity index is 2.75. The van der Waals surface area contributed by atoms with Gasteiger partial charge in [0.15, 0.2) is 18.4 Å². The lowest BCUT2D eigenvalue weighted by molar-refractivity contribution is -0.149. The fraction of sp³-hybridized carbons (Fsp3) is 0.571. The van der Waals surface area contributed by atoms with E-state index in [0.29, 0.717) is 12.2 Å². The number of unbranched alkanes of at least 4 members (excludes halogenated alkanes) is 1. The number of ether oxygens (including phenoxy) is 3. The Morgan fingerprint density at radius 1 is 1.14 bits per heavy atom. The van der Waals surface area contributed by atoms with Crippen molar-refractivity contribution in [3.05, 3.63) is 34.3 Å². The van der Waals surface area contributed by atoms with Crippen LogP contribution < -0.4 is 5.32 Å². The van der Waals surface area contributed by atoms with Crippen molar-refractivity contribution in [3.8, 4) is 0 Å². The standard InChI is InChI=1S/C21H30BrNO6/c1-6-7-12-27-14(2)18(23-20(26)29-21(3,4)5)19(25)28-13-17(24)15-8-10-16(22)11-9-15/h8-11,14,18H,6-7,12-13H2,1-5H3,(H,23,26)/t14-,18+/m1/s1. The van der Waals surface area contributed by atoms with Crippen molar-refractivity contribution in [2.24, 2.45) is 0 Å². The van der Waals surface area contributed by atoms with E-state index in [2.05, 4.69) is 21.2 Å². The zero-order chi connectivity index (χ0) is 22.0. The lowest BCUT2D eigenvalue weighted by Gasteiger charge is -2.26. The molecule has 0 aliphatic heterocycles. The number of halogens is 1. The largest absolute Gasteiger partial charge is 0.456 e. The van der Waals surface area contributed by atoms with Crippen LogP contribution >= 0.6 is 15.9 Å². The van der Waals surface area contributed by atoms with E-state index in [0.717, 1.165) is 17.3 Å². The smallest absolute Gasteiger partial charge is 0.408 e. The topological polar surface area (TPSA) is 90.9 Å². The molecule has 2 atom stereocenters. The first kappa shape index (κ1) is 25.1. The maximum Gasteiger partial charge on any atom is 0.408 e. The molecule has 0 spiro atoms. The van der Waals surface area contributed by atoms with Crippen LogP contribution in [0.5, 0.6) is 0 Å². The van der Waals surface area contributed by atoms with Crippen LogP contribution in [0, 0.1) is 0 Å². The van der Waals surface area contributed by atoms with Gasteiger partial charge in [0.05, 0.1) is 6.10 Å². The Kier molecular flexibility index (Phi) is 10.3. The summed E-state index contributed by atoms with van der Waals surface area (Å²) in [6.45, 7) is 8.85. The Morgan fingerprint density at radius 3 is 2.31 bits per heavy atom. The monoisotopic (exact) mass is 471 g/mol. The first-order chi connectivity index (χ1) is 13.5. The quantitative estimate of drug-likeness (QED) is 0.311. The van der Waals surface area contributed by atoms with Crippen molar-refractivity contribution in [3.63, 3.8) is 0 Å². The average Bonchev–Trinajstić information content (AvgIpc) is 2.63. The fourth-order valence-electron chi connectivity index (χ4n) is 2.26. The van der Waals surface area contributed by atoms with Gasteiger partial charge in [0.2, 0.25) is 0 Å². The van der Waals surface area contributed by atoms with E-state index in [-0.39, 0.29) is 5.78 Å². The van der Waals surface area contributed by atoms with Crippen molar-refractivity contribution in [2.45, 2.75) is 65.2 Å². The molecule has 1 aromatic carbocycles. The van der Waals surface area contributed by atoms with E-state index in [4.69, 9.17) is 14.2 Å². The number of hydrogen-bond acceptors (Lipinski definition) is 6. The number of benzene rings is 1. The summed E-state index contributed by atoms with van der Waals surface area (Å²) in [6.07, 6.45) is 0.345. The fourth-order valence-corrected chi connectivity index (χ4v) is 2.52. The zero-order valence-corrected chi connectivity index (χ0v) is 19.2. The minimum atomic E-state index is -1.10. The summed E-state index contributed by atoms with van der Waals surface area (Å²) in [5.74, 6) is -1.10. The molecule has 162 valence electrons. The number of alkyl carbamates (subject to hydrolysis) is 1. The Labute approximate surface area is 180 Å². The van der Waals surface area contributed by atoms with Gasteiger partial charge in [-0.1, -0.05) is 41.4 Å². The number of amides is 1. The molecule has 1 amide bonds. The Bertz CT molecular complexity index is 683. The predicted molar refractivity (Wildman–Crippen MR) is 113 cm³/mol. The molecule has 1 aromatic rings. The molecule has 0 saturated heterocycles. The number of Topliss-reactive ketones (excluding diaryl/α,β-unsaturated/α-hetero) is 1. The van der Waals surface area contributed by atoms with E-state index >= 15 is 0 Å². The number of nitrogens with one attached hydrogen (secondary N) is 1. The van der Waals surface area contributed by atoms with Crippen LogP contribution in [0.2, 0.25) is 0 Å². The van der Waals surface area contributed by atoms with E-state index in [1.807, 2.05) is 6.92 Å². The van der Waals surface area contributed by atoms with Gasteiger partial charge in [-0.25, -0.2) is 9.59 Å². The second-order valence-corrected chi connectivity index (χ2v) is 8.51. The van der Waals surface area contributed by atoms with Crippen molar-refractivity contribution in [1.29, 1.82) is 0 Å². The van der Waals surface area contributed by atoms with Crippen LogP contribution in [0.25, 0.3) is 0 Å². The summed E-state index contributed by atoms with van der Waals surface area (Å²) in [5.41, 5.74) is -0.299. The van der Waals surface area contributed by atoms with Crippen molar-refractivity contribution in [1.82, 2.24) is 5.32 Å². The zero-order valence-electron chi connectivity index (χ0n) is 17.6. The molecule has 0 bridgehead atoms. The lowest BCUT2D eigenvalue weighted by Crippen LogP contribution is -2.51. The van der Waals surface area contributed by atoms with Gasteiger partial charge in [-0.15, -0.1) is 0 Å². The summed E-state index contributed by atoms with van der Waals surface area (Å²) in [5, 5.41) is 2.49. The summed E-state index contributed by atoms with van der Waals surface area (Å²) >= 11 is 3.30. The molecule has 1 rings (SSSR count). The van der Waals surface area contributed by atoms with E-state index in [9.17, 15) is 14.4 Å². The number of hydrogen-bond donors (Lipinski definition) is 1. The maximum absolute atomic E-state index is 12.6. The van der Waals surface area contributed by atoms with Gasteiger partial charge < -0.3 is 19.5 Å². The lowest BCUT2D eigenvalue weighted by atomic mass is 10.1. The number of rotatable bonds is 10. The van der Waals surface area contributed by atoms with Gasteiger partial charge in [-0.2, -0.15) is 0 Å². The molecule has 0 heterocycles. The van der Waals surface area contributed by atoms with Crippen LogP contribution in [-0.4, -0.2) is 48.8 Å². The third kappa shape index (κ3) is 9.89. The molecular weight excluding hydrogens is 442 g/mol. The van der Waals surface area contributed by atoms with Crippen molar-refractivity contribution < 1.29 is 28.6 Å². The SMILES string of the molecule is CCCCO[C@H](C)[C@H](NC(=O)OC(C)(C)C)C(=O)OCC(=O)c1ccc(Br)cc1. The highest BCUT2D eigenvalue weighted by molar-refractivity contribution is 9.10. The number of ketones is 1. The minimum absolute atomic E-state index is 0.346.